The fraction of sp³-hybridized carbons (Fsp3) is 0.118. The number of fused-ring (bicyclic) bond motifs is 1. The van der Waals surface area contributed by atoms with Crippen molar-refractivity contribution in [2.45, 2.75) is 6.42 Å². The minimum atomic E-state index is -0.482. The monoisotopic (exact) mass is 322 g/mol. The minimum absolute atomic E-state index is 0.0732. The molecule has 0 saturated heterocycles. The predicted octanol–water partition coefficient (Wildman–Crippen LogP) is 3.03. The van der Waals surface area contributed by atoms with Crippen LogP contribution in [0.5, 0.6) is 0 Å². The van der Waals surface area contributed by atoms with Crippen LogP contribution in [-0.2, 0) is 4.79 Å². The second kappa shape index (κ2) is 6.41. The average molecular weight is 322 g/mol. The van der Waals surface area contributed by atoms with Crippen molar-refractivity contribution in [2.75, 3.05) is 11.4 Å². The van der Waals surface area contributed by atoms with E-state index in [-0.39, 0.29) is 18.0 Å². The topological polar surface area (TPSA) is 88.7 Å². The summed E-state index contributed by atoms with van der Waals surface area (Å²) < 4.78 is 0. The van der Waals surface area contributed by atoms with Gasteiger partial charge in [0.15, 0.2) is 0 Å². The van der Waals surface area contributed by atoms with Gasteiger partial charge in [0.2, 0.25) is 5.91 Å². The molecule has 24 heavy (non-hydrogen) atoms. The van der Waals surface area contributed by atoms with Crippen LogP contribution in [0.1, 0.15) is 12.0 Å². The molecule has 0 bridgehead atoms. The van der Waals surface area contributed by atoms with Gasteiger partial charge in [-0.15, -0.1) is 6.58 Å². The molecule has 2 heterocycles. The third kappa shape index (κ3) is 2.91. The maximum atomic E-state index is 12.6. The van der Waals surface area contributed by atoms with Crippen LogP contribution in [-0.4, -0.2) is 28.1 Å². The molecular weight excluding hydrogens is 308 g/mol. The average Bonchev–Trinajstić information content (AvgIpc) is 2.72. The molecule has 0 N–H and O–H groups in total. The first-order chi connectivity index (χ1) is 11.6. The van der Waals surface area contributed by atoms with Crippen molar-refractivity contribution in [1.29, 1.82) is 0 Å². The minimum Gasteiger partial charge on any atom is -0.306 e. The van der Waals surface area contributed by atoms with Crippen molar-refractivity contribution in [3.63, 3.8) is 0 Å². The molecule has 0 saturated carbocycles. The van der Waals surface area contributed by atoms with E-state index in [9.17, 15) is 14.9 Å². The molecule has 1 amide bonds. The number of benzene rings is 1. The molecule has 7 nitrogen and oxygen atoms in total. The Kier molecular flexibility index (Phi) is 4.15. The zero-order chi connectivity index (χ0) is 17.1. The van der Waals surface area contributed by atoms with Gasteiger partial charge in [0.1, 0.15) is 0 Å². The van der Waals surface area contributed by atoms with Crippen LogP contribution < -0.4 is 4.90 Å². The molecule has 2 aromatic rings. The summed E-state index contributed by atoms with van der Waals surface area (Å²) in [6, 6.07) is 7.85. The third-order valence-electron chi connectivity index (χ3n) is 3.64. The fourth-order valence-corrected chi connectivity index (χ4v) is 2.53. The Bertz CT molecular complexity index is 846. The van der Waals surface area contributed by atoms with Crippen LogP contribution >= 0.6 is 0 Å². The molecule has 120 valence electrons. The highest BCUT2D eigenvalue weighted by Gasteiger charge is 2.25. The van der Waals surface area contributed by atoms with E-state index < -0.39 is 4.92 Å². The number of carbonyl (C=O) groups is 1. The van der Waals surface area contributed by atoms with Crippen LogP contribution in [0.25, 0.3) is 0 Å². The van der Waals surface area contributed by atoms with Gasteiger partial charge in [-0.3, -0.25) is 19.9 Å². The number of pyridine rings is 1. The van der Waals surface area contributed by atoms with E-state index in [1.54, 1.807) is 36.7 Å². The summed E-state index contributed by atoms with van der Waals surface area (Å²) >= 11 is 0. The Labute approximate surface area is 138 Å². The van der Waals surface area contributed by atoms with Crippen molar-refractivity contribution >= 4 is 28.7 Å². The molecular formula is C17H14N4O3. The largest absolute Gasteiger partial charge is 0.306 e. The van der Waals surface area contributed by atoms with Crippen LogP contribution in [0, 0.1) is 10.1 Å². The highest BCUT2D eigenvalue weighted by molar-refractivity contribution is 6.17. The SMILES string of the molecule is C=CCN1C(=O)CC(c2cccnc2)=Nc2cc([N+](=O)[O-])ccc21. The summed E-state index contributed by atoms with van der Waals surface area (Å²) in [5.41, 5.74) is 2.08. The number of carbonyl (C=O) groups excluding carboxylic acids is 1. The molecule has 1 aliphatic rings. The Balaban J connectivity index is 2.17. The molecule has 0 aliphatic carbocycles. The van der Waals surface area contributed by atoms with Crippen molar-refractivity contribution in [3.8, 4) is 0 Å². The van der Waals surface area contributed by atoms with E-state index in [1.807, 2.05) is 0 Å². The number of aliphatic imine (C=N–C) groups is 1. The van der Waals surface area contributed by atoms with E-state index in [0.29, 0.717) is 29.2 Å². The summed E-state index contributed by atoms with van der Waals surface area (Å²) in [6.07, 6.45) is 4.94. The van der Waals surface area contributed by atoms with Gasteiger partial charge in [-0.05, 0) is 12.1 Å². The zero-order valence-electron chi connectivity index (χ0n) is 12.8. The maximum Gasteiger partial charge on any atom is 0.271 e. The van der Waals surface area contributed by atoms with E-state index in [2.05, 4.69) is 16.6 Å². The highest BCUT2D eigenvalue weighted by Crippen LogP contribution is 2.35. The number of rotatable bonds is 4. The third-order valence-corrected chi connectivity index (χ3v) is 3.64. The second-order valence-corrected chi connectivity index (χ2v) is 5.20. The number of amides is 1. The van der Waals surface area contributed by atoms with Crippen molar-refractivity contribution < 1.29 is 9.72 Å². The van der Waals surface area contributed by atoms with Crippen molar-refractivity contribution in [2.24, 2.45) is 4.99 Å². The Morgan fingerprint density at radius 3 is 2.88 bits per heavy atom. The lowest BCUT2D eigenvalue weighted by Gasteiger charge is -2.20. The Morgan fingerprint density at radius 1 is 1.38 bits per heavy atom. The number of nitrogens with zero attached hydrogens (tertiary/aromatic N) is 4. The Hall–Kier alpha value is -3.35. The van der Waals surface area contributed by atoms with Crippen LogP contribution in [0.3, 0.4) is 0 Å². The summed E-state index contributed by atoms with van der Waals surface area (Å²) in [5, 5.41) is 11.0. The maximum absolute atomic E-state index is 12.6. The number of nitro groups is 1. The Morgan fingerprint density at radius 2 is 2.21 bits per heavy atom. The van der Waals surface area contributed by atoms with Gasteiger partial charge < -0.3 is 4.90 Å². The van der Waals surface area contributed by atoms with Crippen LogP contribution in [0.15, 0.2) is 60.4 Å². The number of hydrogen-bond donors (Lipinski definition) is 0. The standard InChI is InChI=1S/C17H14N4O3/c1-2-8-20-16-6-5-13(21(23)24)9-15(16)19-14(10-17(20)22)12-4-3-7-18-11-12/h2-7,9,11H,1,8,10H2. The molecule has 0 spiro atoms. The van der Waals surface area contributed by atoms with Crippen LogP contribution in [0.4, 0.5) is 17.1 Å². The number of hydrogen-bond acceptors (Lipinski definition) is 5. The van der Waals surface area contributed by atoms with Gasteiger partial charge in [-0.2, -0.15) is 0 Å². The molecule has 1 aromatic carbocycles. The molecule has 0 radical (unpaired) electrons. The molecule has 0 fully saturated rings. The molecule has 1 aromatic heterocycles. The lowest BCUT2D eigenvalue weighted by molar-refractivity contribution is -0.384. The van der Waals surface area contributed by atoms with Gasteiger partial charge in [0, 0.05) is 36.6 Å². The van der Waals surface area contributed by atoms with E-state index in [4.69, 9.17) is 0 Å². The molecule has 1 aliphatic heterocycles. The summed E-state index contributed by atoms with van der Waals surface area (Å²) in [4.78, 5) is 33.3. The summed E-state index contributed by atoms with van der Waals surface area (Å²) in [6.45, 7) is 3.97. The summed E-state index contributed by atoms with van der Waals surface area (Å²) in [5.74, 6) is -0.148. The quantitative estimate of drug-likeness (QED) is 0.491. The normalized spacial score (nSPS) is 13.8. The predicted molar refractivity (Wildman–Crippen MR) is 90.7 cm³/mol. The molecule has 3 rings (SSSR count). The van der Waals surface area contributed by atoms with Gasteiger partial charge in [-0.1, -0.05) is 12.1 Å². The van der Waals surface area contributed by atoms with Crippen molar-refractivity contribution in [3.05, 3.63) is 71.1 Å². The first-order valence-electron chi connectivity index (χ1n) is 7.28. The fourth-order valence-electron chi connectivity index (χ4n) is 2.53. The highest BCUT2D eigenvalue weighted by atomic mass is 16.6. The molecule has 7 heteroatoms. The van der Waals surface area contributed by atoms with Crippen LogP contribution in [0.2, 0.25) is 0 Å². The second-order valence-electron chi connectivity index (χ2n) is 5.20. The number of non-ortho nitro benzene ring substituents is 1. The van der Waals surface area contributed by atoms with E-state index in [0.717, 1.165) is 0 Å². The lowest BCUT2D eigenvalue weighted by atomic mass is 10.1. The lowest BCUT2D eigenvalue weighted by Crippen LogP contribution is -2.31. The van der Waals surface area contributed by atoms with Gasteiger partial charge in [0.05, 0.1) is 28.4 Å². The van der Waals surface area contributed by atoms with Crippen molar-refractivity contribution in [1.82, 2.24) is 4.98 Å². The van der Waals surface area contributed by atoms with Gasteiger partial charge in [-0.25, -0.2) is 4.99 Å². The van der Waals surface area contributed by atoms with E-state index >= 15 is 0 Å². The van der Waals surface area contributed by atoms with E-state index in [1.165, 1.54) is 17.0 Å². The number of aromatic nitrogens is 1. The summed E-state index contributed by atoms with van der Waals surface area (Å²) in [7, 11) is 0. The number of nitro benzene ring substituents is 1. The van der Waals surface area contributed by atoms with Gasteiger partial charge in [0.25, 0.3) is 5.69 Å². The number of anilines is 1. The zero-order valence-corrected chi connectivity index (χ0v) is 12.8. The first kappa shape index (κ1) is 15.5. The van der Waals surface area contributed by atoms with Gasteiger partial charge >= 0.3 is 0 Å². The first-order valence-corrected chi connectivity index (χ1v) is 7.28. The molecule has 0 unspecified atom stereocenters. The molecule has 0 atom stereocenters. The smallest absolute Gasteiger partial charge is 0.271 e.